The summed E-state index contributed by atoms with van der Waals surface area (Å²) in [7, 11) is 0. The van der Waals surface area contributed by atoms with Crippen LogP contribution < -0.4 is 21.3 Å². The predicted molar refractivity (Wildman–Crippen MR) is 130 cm³/mol. The fourth-order valence-electron chi connectivity index (χ4n) is 3.95. The number of aromatic nitrogens is 2. The van der Waals surface area contributed by atoms with E-state index in [0.29, 0.717) is 48.0 Å². The van der Waals surface area contributed by atoms with Gasteiger partial charge in [-0.1, -0.05) is 11.6 Å². The second-order valence-corrected chi connectivity index (χ2v) is 8.71. The Hall–Kier alpha value is -3.63. The van der Waals surface area contributed by atoms with Crippen molar-refractivity contribution in [2.75, 3.05) is 26.2 Å². The zero-order valence-corrected chi connectivity index (χ0v) is 19.8. The van der Waals surface area contributed by atoms with Crippen molar-refractivity contribution in [3.05, 3.63) is 65.5 Å². The SMILES string of the molecule is O=C(Cn1ccc(-c2ccco2)n1)NC1(C(=O)NCCNC(=O)c2ccc(Cl)cc2)CCNCC1. The lowest BCUT2D eigenvalue weighted by Gasteiger charge is -2.37. The van der Waals surface area contributed by atoms with E-state index >= 15 is 0 Å². The Balaban J connectivity index is 1.29. The van der Waals surface area contributed by atoms with Crippen molar-refractivity contribution in [1.29, 1.82) is 0 Å². The average Bonchev–Trinajstić information content (AvgIpc) is 3.55. The zero-order chi connectivity index (χ0) is 24.7. The number of nitrogens with one attached hydrogen (secondary N) is 4. The summed E-state index contributed by atoms with van der Waals surface area (Å²) in [5, 5.41) is 16.7. The molecule has 3 heterocycles. The van der Waals surface area contributed by atoms with Crippen LogP contribution in [-0.4, -0.2) is 59.2 Å². The smallest absolute Gasteiger partial charge is 0.251 e. The quantitative estimate of drug-likeness (QED) is 0.331. The summed E-state index contributed by atoms with van der Waals surface area (Å²) in [6.45, 7) is 1.66. The molecule has 0 radical (unpaired) electrons. The molecule has 10 nitrogen and oxygen atoms in total. The van der Waals surface area contributed by atoms with E-state index < -0.39 is 5.54 Å². The Labute approximate surface area is 207 Å². The fourth-order valence-corrected chi connectivity index (χ4v) is 4.07. The third kappa shape index (κ3) is 6.28. The number of carbonyl (C=O) groups is 3. The maximum absolute atomic E-state index is 13.1. The van der Waals surface area contributed by atoms with Gasteiger partial charge in [0, 0.05) is 29.9 Å². The van der Waals surface area contributed by atoms with Crippen LogP contribution in [0.1, 0.15) is 23.2 Å². The highest BCUT2D eigenvalue weighted by Gasteiger charge is 2.40. The van der Waals surface area contributed by atoms with Crippen molar-refractivity contribution in [3.63, 3.8) is 0 Å². The summed E-state index contributed by atoms with van der Waals surface area (Å²) in [5.41, 5.74) is 0.0777. The van der Waals surface area contributed by atoms with Gasteiger partial charge in [0.25, 0.3) is 5.91 Å². The van der Waals surface area contributed by atoms with Gasteiger partial charge in [-0.3, -0.25) is 19.1 Å². The number of rotatable bonds is 9. The highest BCUT2D eigenvalue weighted by molar-refractivity contribution is 6.30. The van der Waals surface area contributed by atoms with E-state index in [1.807, 2.05) is 0 Å². The monoisotopic (exact) mass is 498 g/mol. The molecule has 0 unspecified atom stereocenters. The molecule has 1 aliphatic rings. The first-order valence-corrected chi connectivity index (χ1v) is 11.7. The molecule has 0 saturated carbocycles. The van der Waals surface area contributed by atoms with Gasteiger partial charge < -0.3 is 25.7 Å². The lowest BCUT2D eigenvalue weighted by molar-refractivity contribution is -0.135. The summed E-state index contributed by atoms with van der Waals surface area (Å²) in [6, 6.07) is 11.9. The van der Waals surface area contributed by atoms with Crippen LogP contribution in [0.15, 0.2) is 59.3 Å². The van der Waals surface area contributed by atoms with Crippen LogP contribution in [0.3, 0.4) is 0 Å². The number of furan rings is 1. The number of benzene rings is 1. The van der Waals surface area contributed by atoms with Crippen molar-refractivity contribution in [2.24, 2.45) is 0 Å². The van der Waals surface area contributed by atoms with Crippen molar-refractivity contribution in [1.82, 2.24) is 31.0 Å². The number of amides is 3. The largest absolute Gasteiger partial charge is 0.463 e. The summed E-state index contributed by atoms with van der Waals surface area (Å²) in [6.07, 6.45) is 4.16. The molecule has 0 aliphatic carbocycles. The number of nitrogens with zero attached hydrogens (tertiary/aromatic N) is 2. The first-order valence-electron chi connectivity index (χ1n) is 11.4. The van der Waals surface area contributed by atoms with Crippen LogP contribution in [0.25, 0.3) is 11.5 Å². The van der Waals surface area contributed by atoms with E-state index in [2.05, 4.69) is 26.4 Å². The third-order valence-electron chi connectivity index (χ3n) is 5.79. The minimum absolute atomic E-state index is 0.0275. The molecular formula is C24H27ClN6O4. The van der Waals surface area contributed by atoms with Crippen LogP contribution in [-0.2, 0) is 16.1 Å². The molecule has 1 aromatic carbocycles. The first-order chi connectivity index (χ1) is 16.9. The second-order valence-electron chi connectivity index (χ2n) is 8.27. The number of hydrogen-bond acceptors (Lipinski definition) is 6. The van der Waals surface area contributed by atoms with Crippen molar-refractivity contribution in [3.8, 4) is 11.5 Å². The minimum Gasteiger partial charge on any atom is -0.463 e. The Morgan fingerprint density at radius 2 is 1.80 bits per heavy atom. The normalized spacial score (nSPS) is 14.8. The third-order valence-corrected chi connectivity index (χ3v) is 6.04. The van der Waals surface area contributed by atoms with Crippen LogP contribution in [0, 0.1) is 0 Å². The maximum atomic E-state index is 13.1. The van der Waals surface area contributed by atoms with Gasteiger partial charge in [-0.25, -0.2) is 0 Å². The van der Waals surface area contributed by atoms with E-state index in [1.165, 1.54) is 4.68 Å². The van der Waals surface area contributed by atoms with E-state index in [9.17, 15) is 14.4 Å². The van der Waals surface area contributed by atoms with Crippen LogP contribution in [0.4, 0.5) is 0 Å². The predicted octanol–water partition coefficient (Wildman–Crippen LogP) is 1.58. The number of piperidine rings is 1. The van der Waals surface area contributed by atoms with Crippen LogP contribution >= 0.6 is 11.6 Å². The molecular weight excluding hydrogens is 472 g/mol. The Morgan fingerprint density at radius 1 is 1.06 bits per heavy atom. The molecule has 184 valence electrons. The van der Waals surface area contributed by atoms with Crippen LogP contribution in [0.5, 0.6) is 0 Å². The molecule has 3 amide bonds. The molecule has 0 bridgehead atoms. The lowest BCUT2D eigenvalue weighted by atomic mass is 9.87. The molecule has 1 saturated heterocycles. The molecule has 1 aliphatic heterocycles. The zero-order valence-electron chi connectivity index (χ0n) is 19.1. The molecule has 0 spiro atoms. The van der Waals surface area contributed by atoms with E-state index in [0.717, 1.165) is 0 Å². The first kappa shape index (κ1) is 24.5. The Morgan fingerprint density at radius 3 is 2.51 bits per heavy atom. The van der Waals surface area contributed by atoms with Gasteiger partial charge in [0.15, 0.2) is 5.76 Å². The summed E-state index contributed by atoms with van der Waals surface area (Å²) >= 11 is 5.85. The van der Waals surface area contributed by atoms with E-state index in [4.69, 9.17) is 16.0 Å². The highest BCUT2D eigenvalue weighted by Crippen LogP contribution is 2.20. The van der Waals surface area contributed by atoms with Crippen molar-refractivity contribution in [2.45, 2.75) is 24.9 Å². The molecule has 4 N–H and O–H groups in total. The van der Waals surface area contributed by atoms with Crippen molar-refractivity contribution >= 4 is 29.3 Å². The number of halogens is 1. The summed E-state index contributed by atoms with van der Waals surface area (Å²) < 4.78 is 6.84. The topological polar surface area (TPSA) is 130 Å². The van der Waals surface area contributed by atoms with Gasteiger partial charge >= 0.3 is 0 Å². The summed E-state index contributed by atoms with van der Waals surface area (Å²) in [5.74, 6) is -0.229. The molecule has 35 heavy (non-hydrogen) atoms. The fraction of sp³-hybridized carbons (Fsp3) is 0.333. The average molecular weight is 499 g/mol. The number of carbonyl (C=O) groups excluding carboxylic acids is 3. The van der Waals surface area contributed by atoms with E-state index in [1.54, 1.807) is 54.9 Å². The van der Waals surface area contributed by atoms with Gasteiger partial charge in [0.05, 0.1) is 6.26 Å². The van der Waals surface area contributed by atoms with Crippen LogP contribution in [0.2, 0.25) is 5.02 Å². The molecule has 2 aromatic heterocycles. The maximum Gasteiger partial charge on any atom is 0.251 e. The molecule has 11 heteroatoms. The molecule has 0 atom stereocenters. The lowest BCUT2D eigenvalue weighted by Crippen LogP contribution is -2.63. The van der Waals surface area contributed by atoms with E-state index in [-0.39, 0.29) is 37.4 Å². The molecule has 1 fully saturated rings. The highest BCUT2D eigenvalue weighted by atomic mass is 35.5. The van der Waals surface area contributed by atoms with Gasteiger partial charge in [-0.15, -0.1) is 0 Å². The second kappa shape index (κ2) is 11.2. The standard InChI is InChI=1S/C24H27ClN6O4/c25-18-5-3-17(4-6-18)22(33)27-12-13-28-23(34)24(8-10-26-11-9-24)29-21(32)16-31-14-7-19(30-31)20-2-1-15-35-20/h1-7,14-15,26H,8-13,16H2,(H,27,33)(H,28,34)(H,29,32). The van der Waals surface area contributed by atoms with Crippen molar-refractivity contribution < 1.29 is 18.8 Å². The number of hydrogen-bond donors (Lipinski definition) is 4. The van der Waals surface area contributed by atoms with Gasteiger partial charge in [-0.2, -0.15) is 5.10 Å². The molecule has 4 rings (SSSR count). The minimum atomic E-state index is -1.03. The Bertz CT molecular complexity index is 1150. The van der Waals surface area contributed by atoms with Gasteiger partial charge in [0.2, 0.25) is 11.8 Å². The Kier molecular flexibility index (Phi) is 7.84. The molecule has 3 aromatic rings. The van der Waals surface area contributed by atoms with Gasteiger partial charge in [-0.05, 0) is 68.4 Å². The summed E-state index contributed by atoms with van der Waals surface area (Å²) in [4.78, 5) is 38.1. The van der Waals surface area contributed by atoms with Gasteiger partial charge in [0.1, 0.15) is 17.8 Å².